The normalized spacial score (nSPS) is 12.5. The van der Waals surface area contributed by atoms with Gasteiger partial charge in [-0.2, -0.15) is 5.26 Å². The first kappa shape index (κ1) is 22.2. The fraction of sp³-hybridized carbons (Fsp3) is 0.269. The van der Waals surface area contributed by atoms with Crippen LogP contribution in [0.15, 0.2) is 65.3 Å². The van der Waals surface area contributed by atoms with E-state index in [9.17, 15) is 9.59 Å². The van der Waals surface area contributed by atoms with Gasteiger partial charge in [-0.25, -0.2) is 0 Å². The number of carbonyl (C=O) groups excluding carboxylic acids is 2. The molecule has 1 aliphatic heterocycles. The summed E-state index contributed by atoms with van der Waals surface area (Å²) in [6.45, 7) is 1.90. The van der Waals surface area contributed by atoms with Crippen molar-refractivity contribution in [3.05, 3.63) is 88.9 Å². The molecular weight excluding hydrogens is 418 g/mol. The summed E-state index contributed by atoms with van der Waals surface area (Å²) >= 11 is 0. The molecule has 0 radical (unpaired) electrons. The lowest BCUT2D eigenvalue weighted by atomic mass is 9.99. The highest BCUT2D eigenvalue weighted by atomic mass is 16.5. The van der Waals surface area contributed by atoms with Gasteiger partial charge in [-0.3, -0.25) is 9.59 Å². The van der Waals surface area contributed by atoms with E-state index in [4.69, 9.17) is 14.4 Å². The van der Waals surface area contributed by atoms with E-state index in [0.29, 0.717) is 42.8 Å². The van der Waals surface area contributed by atoms with Gasteiger partial charge in [0.05, 0.1) is 17.9 Å². The summed E-state index contributed by atoms with van der Waals surface area (Å²) in [5.41, 5.74) is 3.63. The number of carbonyl (C=O) groups is 2. The lowest BCUT2D eigenvalue weighted by Crippen LogP contribution is -2.36. The molecule has 0 spiro atoms. The van der Waals surface area contributed by atoms with Crippen molar-refractivity contribution in [2.45, 2.75) is 32.4 Å². The van der Waals surface area contributed by atoms with Crippen molar-refractivity contribution in [3.8, 4) is 11.8 Å². The smallest absolute Gasteiger partial charge is 0.287 e. The molecule has 7 heteroatoms. The molecule has 1 aromatic heterocycles. The third-order valence-corrected chi connectivity index (χ3v) is 5.65. The number of amides is 2. The lowest BCUT2D eigenvalue weighted by Gasteiger charge is -2.29. The first-order chi connectivity index (χ1) is 16.1. The lowest BCUT2D eigenvalue weighted by molar-refractivity contribution is -0.132. The third kappa shape index (κ3) is 5.60. The van der Waals surface area contributed by atoms with Crippen LogP contribution in [0.2, 0.25) is 0 Å². The van der Waals surface area contributed by atoms with Gasteiger partial charge in [0.2, 0.25) is 5.91 Å². The molecule has 7 nitrogen and oxygen atoms in total. The van der Waals surface area contributed by atoms with Crippen LogP contribution in [0.25, 0.3) is 0 Å². The molecule has 1 N–H and O–H groups in total. The van der Waals surface area contributed by atoms with Gasteiger partial charge in [0.15, 0.2) is 5.76 Å². The molecule has 0 aliphatic carbocycles. The van der Waals surface area contributed by atoms with E-state index in [2.05, 4.69) is 23.5 Å². The molecule has 0 saturated carbocycles. The van der Waals surface area contributed by atoms with Gasteiger partial charge in [-0.1, -0.05) is 30.3 Å². The van der Waals surface area contributed by atoms with Crippen LogP contribution in [0, 0.1) is 11.3 Å². The zero-order valence-electron chi connectivity index (χ0n) is 18.3. The topological polar surface area (TPSA) is 95.6 Å². The van der Waals surface area contributed by atoms with E-state index in [0.717, 1.165) is 13.0 Å². The highest BCUT2D eigenvalue weighted by Crippen LogP contribution is 2.20. The molecular formula is C26H25N3O4. The van der Waals surface area contributed by atoms with Crippen molar-refractivity contribution in [2.24, 2.45) is 0 Å². The van der Waals surface area contributed by atoms with Crippen molar-refractivity contribution in [1.29, 1.82) is 5.26 Å². The molecule has 0 unspecified atom stereocenters. The minimum atomic E-state index is -0.344. The molecule has 33 heavy (non-hydrogen) atoms. The Bertz CT molecular complexity index is 1180. The molecule has 4 rings (SSSR count). The predicted octanol–water partition coefficient (Wildman–Crippen LogP) is 3.83. The first-order valence-corrected chi connectivity index (χ1v) is 11.0. The fourth-order valence-corrected chi connectivity index (χ4v) is 3.85. The van der Waals surface area contributed by atoms with Gasteiger partial charge in [0.1, 0.15) is 12.4 Å². The number of hydrogen-bond donors (Lipinski definition) is 1. The van der Waals surface area contributed by atoms with Crippen molar-refractivity contribution >= 4 is 11.8 Å². The summed E-state index contributed by atoms with van der Waals surface area (Å²) in [4.78, 5) is 27.0. The van der Waals surface area contributed by atoms with Crippen molar-refractivity contribution < 1.29 is 18.7 Å². The predicted molar refractivity (Wildman–Crippen MR) is 121 cm³/mol. The molecule has 0 bridgehead atoms. The largest absolute Gasteiger partial charge is 0.489 e. The number of rotatable bonds is 8. The SMILES string of the molecule is N#Cc1cccc(OCc2ccoc2C(=O)NCCCC(=O)N2CCc3ccccc3C2)c1. The first-order valence-electron chi connectivity index (χ1n) is 11.0. The monoisotopic (exact) mass is 443 g/mol. The summed E-state index contributed by atoms with van der Waals surface area (Å²) in [5, 5.41) is 11.8. The Balaban J connectivity index is 1.22. The van der Waals surface area contributed by atoms with Crippen LogP contribution >= 0.6 is 0 Å². The van der Waals surface area contributed by atoms with Crippen molar-refractivity contribution in [1.82, 2.24) is 10.2 Å². The summed E-state index contributed by atoms with van der Waals surface area (Å²) in [6.07, 6.45) is 3.25. The van der Waals surface area contributed by atoms with E-state index in [1.54, 1.807) is 30.3 Å². The Kier molecular flexibility index (Phi) is 7.06. The number of nitrogens with one attached hydrogen (secondary N) is 1. The quantitative estimate of drug-likeness (QED) is 0.534. The Morgan fingerprint density at radius 3 is 2.82 bits per heavy atom. The van der Waals surface area contributed by atoms with Crippen molar-refractivity contribution in [3.63, 3.8) is 0 Å². The van der Waals surface area contributed by atoms with Crippen molar-refractivity contribution in [2.75, 3.05) is 13.1 Å². The maximum Gasteiger partial charge on any atom is 0.287 e. The molecule has 2 heterocycles. The number of nitriles is 1. The number of nitrogens with zero attached hydrogens (tertiary/aromatic N) is 2. The van der Waals surface area contributed by atoms with E-state index >= 15 is 0 Å². The second-order valence-electron chi connectivity index (χ2n) is 7.90. The highest BCUT2D eigenvalue weighted by molar-refractivity contribution is 5.92. The fourth-order valence-electron chi connectivity index (χ4n) is 3.85. The van der Waals surface area contributed by atoms with Gasteiger partial charge >= 0.3 is 0 Å². The second kappa shape index (κ2) is 10.5. The van der Waals surface area contributed by atoms with Gasteiger partial charge in [0, 0.05) is 31.6 Å². The summed E-state index contributed by atoms with van der Waals surface area (Å²) in [6, 6.07) is 18.8. The minimum Gasteiger partial charge on any atom is -0.489 e. The maximum absolute atomic E-state index is 12.6. The van der Waals surface area contributed by atoms with Crippen LogP contribution in [0.3, 0.4) is 0 Å². The summed E-state index contributed by atoms with van der Waals surface area (Å²) < 4.78 is 11.0. The number of furan rings is 1. The molecule has 3 aromatic rings. The molecule has 168 valence electrons. The highest BCUT2D eigenvalue weighted by Gasteiger charge is 2.20. The van der Waals surface area contributed by atoms with Crippen LogP contribution < -0.4 is 10.1 Å². The molecule has 1 aliphatic rings. The zero-order chi connectivity index (χ0) is 23.0. The Hall–Kier alpha value is -4.05. The second-order valence-corrected chi connectivity index (χ2v) is 7.90. The summed E-state index contributed by atoms with van der Waals surface area (Å²) in [5.74, 6) is 0.486. The Morgan fingerprint density at radius 2 is 1.97 bits per heavy atom. The average molecular weight is 444 g/mol. The van der Waals surface area contributed by atoms with Crippen LogP contribution in [0.1, 0.15) is 45.7 Å². The molecule has 0 atom stereocenters. The van der Waals surface area contributed by atoms with E-state index < -0.39 is 0 Å². The van der Waals surface area contributed by atoms with E-state index in [1.807, 2.05) is 17.0 Å². The van der Waals surface area contributed by atoms with Crippen LogP contribution in [0.4, 0.5) is 0 Å². The number of ether oxygens (including phenoxy) is 1. The number of fused-ring (bicyclic) bond motifs is 1. The van der Waals surface area contributed by atoms with Gasteiger partial charge in [0.25, 0.3) is 5.91 Å². The number of benzene rings is 2. The van der Waals surface area contributed by atoms with Gasteiger partial charge in [-0.05, 0) is 48.2 Å². The van der Waals surface area contributed by atoms with Crippen LogP contribution in [-0.4, -0.2) is 29.8 Å². The zero-order valence-corrected chi connectivity index (χ0v) is 18.3. The maximum atomic E-state index is 12.6. The Labute approximate surface area is 192 Å². The molecule has 0 saturated heterocycles. The van der Waals surface area contributed by atoms with E-state index in [1.165, 1.54) is 17.4 Å². The molecule has 0 fully saturated rings. The molecule has 2 amide bonds. The van der Waals surface area contributed by atoms with Crippen LogP contribution in [-0.2, 0) is 24.4 Å². The average Bonchev–Trinajstić information content (AvgIpc) is 3.33. The standard InChI is InChI=1S/C26H25N3O4/c27-16-19-5-3-8-23(15-19)33-18-22-11-14-32-25(22)26(31)28-12-4-9-24(30)29-13-10-20-6-1-2-7-21(20)17-29/h1-3,5-8,11,14-15H,4,9-10,12-13,17-18H2,(H,28,31). The minimum absolute atomic E-state index is 0.102. The van der Waals surface area contributed by atoms with Gasteiger partial charge < -0.3 is 19.4 Å². The third-order valence-electron chi connectivity index (χ3n) is 5.65. The summed E-state index contributed by atoms with van der Waals surface area (Å²) in [7, 11) is 0. The number of hydrogen-bond acceptors (Lipinski definition) is 5. The Morgan fingerprint density at radius 1 is 1.12 bits per heavy atom. The van der Waals surface area contributed by atoms with Crippen LogP contribution in [0.5, 0.6) is 5.75 Å². The van der Waals surface area contributed by atoms with E-state index in [-0.39, 0.29) is 24.2 Å². The molecule has 2 aromatic carbocycles. The van der Waals surface area contributed by atoms with Gasteiger partial charge in [-0.15, -0.1) is 0 Å².